The van der Waals surface area contributed by atoms with E-state index in [1.807, 2.05) is 11.3 Å². The maximum atomic E-state index is 5.18. The van der Waals surface area contributed by atoms with E-state index in [2.05, 4.69) is 48.9 Å². The van der Waals surface area contributed by atoms with Gasteiger partial charge in [0.2, 0.25) is 0 Å². The molecule has 0 aliphatic rings. The lowest BCUT2D eigenvalue weighted by Gasteiger charge is -2.06. The van der Waals surface area contributed by atoms with E-state index in [1.54, 1.807) is 22.7 Å². The summed E-state index contributed by atoms with van der Waals surface area (Å²) in [4.78, 5) is 15.4. The molecular weight excluding hydrogens is 424 g/mol. The average Bonchev–Trinajstić information content (AvgIpc) is 3.50. The van der Waals surface area contributed by atoms with Crippen molar-refractivity contribution < 1.29 is 0 Å². The lowest BCUT2D eigenvalue weighted by atomic mass is 10.1. The summed E-state index contributed by atoms with van der Waals surface area (Å²) >= 11 is 5.42. The van der Waals surface area contributed by atoms with Crippen molar-refractivity contribution in [2.75, 3.05) is 0 Å². The number of hydrogen-bond acceptors (Lipinski definition) is 5. The summed E-state index contributed by atoms with van der Waals surface area (Å²) in [6.45, 7) is 4.41. The second kappa shape index (κ2) is 10.7. The monoisotopic (exact) mass is 454 g/mol. The molecule has 2 nitrogen and oxygen atoms in total. The summed E-state index contributed by atoms with van der Waals surface area (Å²) in [5.41, 5.74) is 4.44. The van der Waals surface area contributed by atoms with E-state index in [4.69, 9.17) is 9.97 Å². The molecule has 0 aliphatic heterocycles. The molecule has 4 heterocycles. The predicted octanol–water partition coefficient (Wildman–Crippen LogP) is 9.14. The first kappa shape index (κ1) is 21.7. The molecule has 30 heavy (non-hydrogen) atoms. The van der Waals surface area contributed by atoms with Gasteiger partial charge in [0.1, 0.15) is 11.0 Å². The number of rotatable bonds is 11. The van der Waals surface area contributed by atoms with Crippen molar-refractivity contribution in [3.8, 4) is 19.5 Å². The van der Waals surface area contributed by atoms with Crippen LogP contribution in [0.1, 0.15) is 69.7 Å². The van der Waals surface area contributed by atoms with Crippen LogP contribution >= 0.6 is 34.0 Å². The Morgan fingerprint density at radius 2 is 1.30 bits per heavy atom. The molecule has 0 N–H and O–H groups in total. The number of aryl methyl sites for hydroxylation is 2. The Hall–Kier alpha value is -1.56. The maximum absolute atomic E-state index is 5.18. The summed E-state index contributed by atoms with van der Waals surface area (Å²) in [5.74, 6) is 0. The Labute approximate surface area is 192 Å². The second-order valence-electron chi connectivity index (χ2n) is 7.89. The van der Waals surface area contributed by atoms with E-state index in [9.17, 15) is 0 Å². The molecule has 4 aromatic rings. The van der Waals surface area contributed by atoms with Gasteiger partial charge in [-0.25, -0.2) is 9.97 Å². The molecule has 5 heteroatoms. The number of thiophene rings is 3. The number of hydrogen-bond donors (Lipinski definition) is 0. The molecule has 0 amide bonds. The molecule has 0 aromatic carbocycles. The molecule has 0 spiro atoms. The van der Waals surface area contributed by atoms with Gasteiger partial charge >= 0.3 is 0 Å². The molecule has 4 rings (SSSR count). The summed E-state index contributed by atoms with van der Waals surface area (Å²) in [6, 6.07) is 8.64. The lowest BCUT2D eigenvalue weighted by Crippen LogP contribution is -1.98. The summed E-state index contributed by atoms with van der Waals surface area (Å²) in [6.07, 6.45) is 11.8. The highest BCUT2D eigenvalue weighted by atomic mass is 32.1. The minimum Gasteiger partial charge on any atom is -0.248 e. The highest BCUT2D eigenvalue weighted by Crippen LogP contribution is 2.45. The topological polar surface area (TPSA) is 25.8 Å². The SMILES string of the molecule is CCCCCCCCCCc1nc2c(-c3cccs3)sc(-c3cccs3)c2nc1C. The fourth-order valence-electron chi connectivity index (χ4n) is 3.88. The van der Waals surface area contributed by atoms with Crippen molar-refractivity contribution in [2.24, 2.45) is 0 Å². The molecule has 0 unspecified atom stereocenters. The van der Waals surface area contributed by atoms with E-state index < -0.39 is 0 Å². The average molecular weight is 455 g/mol. The highest BCUT2D eigenvalue weighted by Gasteiger charge is 2.20. The molecule has 0 atom stereocenters. The molecule has 0 saturated heterocycles. The standard InChI is InChI=1S/C25H30N2S3/c1-3-4-5-6-7-8-9-10-13-19-18(2)26-22-23(27-19)25(21-15-12-17-29-21)30-24(22)20-14-11-16-28-20/h11-12,14-17H,3-10,13H2,1-2H3. The largest absolute Gasteiger partial charge is 0.248 e. The van der Waals surface area contributed by atoms with Gasteiger partial charge in [-0.2, -0.15) is 0 Å². The van der Waals surface area contributed by atoms with Gasteiger partial charge in [-0.1, -0.05) is 64.0 Å². The van der Waals surface area contributed by atoms with Crippen molar-refractivity contribution in [1.82, 2.24) is 9.97 Å². The van der Waals surface area contributed by atoms with Crippen LogP contribution in [0.25, 0.3) is 30.5 Å². The summed E-state index contributed by atoms with van der Waals surface area (Å²) in [7, 11) is 0. The maximum Gasteiger partial charge on any atom is 0.109 e. The van der Waals surface area contributed by atoms with Crippen LogP contribution in [-0.2, 0) is 6.42 Å². The van der Waals surface area contributed by atoms with Gasteiger partial charge in [-0.05, 0) is 42.7 Å². The Balaban J connectivity index is 1.53. The van der Waals surface area contributed by atoms with Crippen molar-refractivity contribution in [1.29, 1.82) is 0 Å². The van der Waals surface area contributed by atoms with Crippen LogP contribution in [0.4, 0.5) is 0 Å². The number of unbranched alkanes of at least 4 members (excludes halogenated alkanes) is 7. The van der Waals surface area contributed by atoms with Gasteiger partial charge in [0.25, 0.3) is 0 Å². The van der Waals surface area contributed by atoms with Crippen molar-refractivity contribution in [3.63, 3.8) is 0 Å². The molecule has 0 bridgehead atoms. The van der Waals surface area contributed by atoms with Gasteiger partial charge in [0.15, 0.2) is 0 Å². The normalized spacial score (nSPS) is 11.5. The zero-order chi connectivity index (χ0) is 20.8. The third-order valence-electron chi connectivity index (χ3n) is 5.56. The fraction of sp³-hybridized carbons (Fsp3) is 0.440. The fourth-order valence-corrected chi connectivity index (χ4v) is 6.77. The predicted molar refractivity (Wildman–Crippen MR) is 135 cm³/mol. The van der Waals surface area contributed by atoms with Crippen LogP contribution in [0.5, 0.6) is 0 Å². The quantitative estimate of drug-likeness (QED) is 0.211. The number of nitrogens with zero attached hydrogens (tertiary/aromatic N) is 2. The minimum absolute atomic E-state index is 1.04. The zero-order valence-electron chi connectivity index (χ0n) is 17.9. The Morgan fingerprint density at radius 3 is 1.87 bits per heavy atom. The van der Waals surface area contributed by atoms with E-state index >= 15 is 0 Å². The van der Waals surface area contributed by atoms with Gasteiger partial charge in [-0.3, -0.25) is 0 Å². The van der Waals surface area contributed by atoms with Gasteiger partial charge in [0, 0.05) is 9.75 Å². The molecule has 0 radical (unpaired) electrons. The second-order valence-corrected chi connectivity index (χ2v) is 10.8. The summed E-state index contributed by atoms with van der Waals surface area (Å²) in [5, 5.41) is 4.29. The van der Waals surface area contributed by atoms with E-state index in [-0.39, 0.29) is 0 Å². The minimum atomic E-state index is 1.04. The van der Waals surface area contributed by atoms with E-state index in [0.29, 0.717) is 0 Å². The number of fused-ring (bicyclic) bond motifs is 1. The molecule has 158 valence electrons. The van der Waals surface area contributed by atoms with Crippen LogP contribution in [0.15, 0.2) is 35.0 Å². The van der Waals surface area contributed by atoms with Crippen LogP contribution in [0.3, 0.4) is 0 Å². The van der Waals surface area contributed by atoms with Crippen LogP contribution in [-0.4, -0.2) is 9.97 Å². The van der Waals surface area contributed by atoms with Crippen molar-refractivity contribution in [3.05, 3.63) is 46.4 Å². The first-order chi connectivity index (χ1) is 14.8. The molecule has 4 aromatic heterocycles. The Morgan fingerprint density at radius 1 is 0.733 bits per heavy atom. The zero-order valence-corrected chi connectivity index (χ0v) is 20.4. The van der Waals surface area contributed by atoms with E-state index in [0.717, 1.165) is 23.1 Å². The van der Waals surface area contributed by atoms with Crippen LogP contribution in [0.2, 0.25) is 0 Å². The van der Waals surface area contributed by atoms with Crippen LogP contribution in [0, 0.1) is 6.92 Å². The molecule has 0 aliphatic carbocycles. The molecule has 0 fully saturated rings. The first-order valence-corrected chi connectivity index (χ1v) is 13.7. The third-order valence-corrected chi connectivity index (χ3v) is 8.83. The van der Waals surface area contributed by atoms with Gasteiger partial charge in [0.05, 0.1) is 21.1 Å². The highest BCUT2D eigenvalue weighted by molar-refractivity contribution is 7.27. The van der Waals surface area contributed by atoms with Gasteiger partial charge < -0.3 is 0 Å². The smallest absolute Gasteiger partial charge is 0.109 e. The van der Waals surface area contributed by atoms with Gasteiger partial charge in [-0.15, -0.1) is 34.0 Å². The van der Waals surface area contributed by atoms with E-state index in [1.165, 1.54) is 76.6 Å². The van der Waals surface area contributed by atoms with Crippen LogP contribution < -0.4 is 0 Å². The third kappa shape index (κ3) is 5.01. The van der Waals surface area contributed by atoms with Crippen molar-refractivity contribution in [2.45, 2.75) is 71.6 Å². The molecular formula is C25H30N2S3. The Bertz CT molecular complexity index is 1050. The number of aromatic nitrogens is 2. The van der Waals surface area contributed by atoms with Crippen molar-refractivity contribution >= 4 is 45.0 Å². The summed E-state index contributed by atoms with van der Waals surface area (Å²) < 4.78 is 0. The lowest BCUT2D eigenvalue weighted by molar-refractivity contribution is 0.573. The molecule has 0 saturated carbocycles. The Kier molecular flexibility index (Phi) is 7.69. The first-order valence-electron chi connectivity index (χ1n) is 11.2.